The topological polar surface area (TPSA) is 104 Å². The number of rotatable bonds is 5. The second-order valence-electron chi connectivity index (χ2n) is 9.99. The van der Waals surface area contributed by atoms with Gasteiger partial charge in [-0.25, -0.2) is 4.98 Å². The number of carbonyl (C=O) groups excluding carboxylic acids is 3. The van der Waals surface area contributed by atoms with Crippen LogP contribution in [0.2, 0.25) is 5.02 Å². The summed E-state index contributed by atoms with van der Waals surface area (Å²) in [5.41, 5.74) is -0.596. The number of nitrogens with zero attached hydrogens (tertiary/aromatic N) is 4. The summed E-state index contributed by atoms with van der Waals surface area (Å²) in [5.74, 6) is -2.35. The molecule has 36 heavy (non-hydrogen) atoms. The Morgan fingerprint density at radius 3 is 2.50 bits per heavy atom. The van der Waals surface area contributed by atoms with E-state index in [-0.39, 0.29) is 65.5 Å². The molecule has 2 saturated heterocycles. The molecule has 0 radical (unpaired) electrons. The molecule has 2 aliphatic carbocycles. The minimum absolute atomic E-state index is 0.0208. The molecule has 192 valence electrons. The van der Waals surface area contributed by atoms with Gasteiger partial charge in [0.15, 0.2) is 5.71 Å². The van der Waals surface area contributed by atoms with E-state index >= 15 is 0 Å². The number of halogens is 4. The van der Waals surface area contributed by atoms with Gasteiger partial charge in [-0.05, 0) is 31.2 Å². The van der Waals surface area contributed by atoms with Crippen LogP contribution in [0.25, 0.3) is 0 Å². The number of oxime groups is 1. The van der Waals surface area contributed by atoms with Gasteiger partial charge in [0.05, 0.1) is 28.3 Å². The lowest BCUT2D eigenvalue weighted by Crippen LogP contribution is -2.45. The minimum Gasteiger partial charge on any atom is -0.391 e. The molecule has 2 bridgehead atoms. The van der Waals surface area contributed by atoms with Crippen LogP contribution in [0, 0.1) is 29.6 Å². The Balaban J connectivity index is 1.12. The van der Waals surface area contributed by atoms with Gasteiger partial charge >= 0.3 is 6.18 Å². The molecule has 0 aromatic carbocycles. The van der Waals surface area contributed by atoms with E-state index in [1.165, 1.54) is 4.90 Å². The molecule has 3 amide bonds. The highest BCUT2D eigenvalue weighted by atomic mass is 35.5. The monoisotopic (exact) mass is 525 g/mol. The third-order valence-corrected chi connectivity index (χ3v) is 8.48. The van der Waals surface area contributed by atoms with E-state index in [9.17, 15) is 27.6 Å². The molecule has 5 aliphatic rings. The summed E-state index contributed by atoms with van der Waals surface area (Å²) in [4.78, 5) is 51.9. The number of fused-ring (bicyclic) bond motifs is 8. The number of amides is 3. The molecule has 13 heteroatoms. The van der Waals surface area contributed by atoms with Gasteiger partial charge in [-0.2, -0.15) is 13.2 Å². The lowest BCUT2D eigenvalue weighted by molar-refractivity contribution is -0.141. The summed E-state index contributed by atoms with van der Waals surface area (Å²) in [5, 5.41) is 6.70. The first-order chi connectivity index (χ1) is 17.2. The van der Waals surface area contributed by atoms with Gasteiger partial charge in [-0.15, -0.1) is 0 Å². The molecule has 2 saturated carbocycles. The standard InChI is InChI=1S/C23H23ClF3N5O4/c24-13-7-10(23(25,26)27)9-29-19(13)28-3-6-32-20(33)14-11-8-12(15(14)21(32)34)18-16(11)17(30-36-18)22(35)31-4-1-2-5-31/h7,9,11-12,14-16,18H,1-6,8H2,(H,28,29)/t11-,12+,14+,15+,16+,18-/m1/s1. The van der Waals surface area contributed by atoms with E-state index in [0.717, 1.165) is 18.9 Å². The second-order valence-corrected chi connectivity index (χ2v) is 10.4. The number of anilines is 1. The lowest BCUT2D eigenvalue weighted by atomic mass is 9.72. The maximum atomic E-state index is 13.3. The van der Waals surface area contributed by atoms with Gasteiger partial charge in [0.25, 0.3) is 5.91 Å². The minimum atomic E-state index is -4.56. The summed E-state index contributed by atoms with van der Waals surface area (Å²) in [6.45, 7) is 1.47. The number of carbonyl (C=O) groups is 3. The number of pyridine rings is 1. The van der Waals surface area contributed by atoms with Gasteiger partial charge < -0.3 is 15.1 Å². The number of imide groups is 1. The molecule has 1 aromatic heterocycles. The first kappa shape index (κ1) is 23.5. The molecular weight excluding hydrogens is 503 g/mol. The van der Waals surface area contributed by atoms with E-state index in [0.29, 0.717) is 31.4 Å². The van der Waals surface area contributed by atoms with Crippen molar-refractivity contribution in [1.29, 1.82) is 0 Å². The van der Waals surface area contributed by atoms with Gasteiger partial charge in [-0.3, -0.25) is 19.3 Å². The van der Waals surface area contributed by atoms with Crippen LogP contribution in [0.15, 0.2) is 17.4 Å². The predicted molar refractivity (Wildman–Crippen MR) is 120 cm³/mol. The van der Waals surface area contributed by atoms with E-state index in [2.05, 4.69) is 15.5 Å². The summed E-state index contributed by atoms with van der Waals surface area (Å²) in [7, 11) is 0. The molecule has 6 atom stereocenters. The van der Waals surface area contributed by atoms with Crippen molar-refractivity contribution in [3.63, 3.8) is 0 Å². The highest BCUT2D eigenvalue weighted by Crippen LogP contribution is 2.61. The van der Waals surface area contributed by atoms with Crippen LogP contribution in [-0.2, 0) is 25.4 Å². The molecule has 0 spiro atoms. The summed E-state index contributed by atoms with van der Waals surface area (Å²) in [6, 6.07) is 0.770. The Kier molecular flexibility index (Phi) is 5.43. The maximum absolute atomic E-state index is 13.3. The van der Waals surface area contributed by atoms with Crippen LogP contribution in [0.3, 0.4) is 0 Å². The average Bonchev–Trinajstić information content (AvgIpc) is 3.63. The van der Waals surface area contributed by atoms with Crippen molar-refractivity contribution in [1.82, 2.24) is 14.8 Å². The molecule has 3 aliphatic heterocycles. The maximum Gasteiger partial charge on any atom is 0.417 e. The second kappa shape index (κ2) is 8.32. The fourth-order valence-corrected chi connectivity index (χ4v) is 6.91. The van der Waals surface area contributed by atoms with E-state index in [4.69, 9.17) is 16.4 Å². The Morgan fingerprint density at radius 2 is 1.83 bits per heavy atom. The summed E-state index contributed by atoms with van der Waals surface area (Å²) < 4.78 is 38.4. The first-order valence-electron chi connectivity index (χ1n) is 12.0. The molecule has 9 nitrogen and oxygen atoms in total. The quantitative estimate of drug-likeness (QED) is 0.592. The third kappa shape index (κ3) is 3.47. The SMILES string of the molecule is O=C(C1=NO[C@@H]2[C@H]3C[C@@H]([C@@H]12)[C@@H]1C(=O)N(CCNc2ncc(C(F)(F)F)cc2Cl)C(=O)[C@@H]31)N1CCCC1. The Hall–Kier alpha value is -2.89. The van der Waals surface area contributed by atoms with E-state index < -0.39 is 23.6 Å². The Labute approximate surface area is 209 Å². The van der Waals surface area contributed by atoms with Gasteiger partial charge in [0, 0.05) is 38.3 Å². The molecule has 0 unspecified atom stereocenters. The van der Waals surface area contributed by atoms with Crippen LogP contribution >= 0.6 is 11.6 Å². The van der Waals surface area contributed by atoms with Gasteiger partial charge in [-0.1, -0.05) is 16.8 Å². The zero-order chi connectivity index (χ0) is 25.4. The predicted octanol–water partition coefficient (Wildman–Crippen LogP) is 2.41. The van der Waals surface area contributed by atoms with Crippen LogP contribution in [0.5, 0.6) is 0 Å². The number of nitrogens with one attached hydrogen (secondary N) is 1. The van der Waals surface area contributed by atoms with Crippen molar-refractivity contribution in [2.45, 2.75) is 31.5 Å². The Bertz CT molecular complexity index is 1170. The number of likely N-dealkylation sites (tertiary alicyclic amines) is 2. The fourth-order valence-electron chi connectivity index (χ4n) is 6.67. The summed E-state index contributed by atoms with van der Waals surface area (Å²) >= 11 is 5.92. The van der Waals surface area contributed by atoms with Crippen molar-refractivity contribution in [2.75, 3.05) is 31.5 Å². The number of aromatic nitrogens is 1. The van der Waals surface area contributed by atoms with Crippen molar-refractivity contribution in [2.24, 2.45) is 34.7 Å². The zero-order valence-corrected chi connectivity index (χ0v) is 19.8. The third-order valence-electron chi connectivity index (χ3n) is 8.19. The molecule has 4 heterocycles. The zero-order valence-electron chi connectivity index (χ0n) is 19.0. The number of hydrogen-bond acceptors (Lipinski definition) is 7. The van der Waals surface area contributed by atoms with E-state index in [1.807, 2.05) is 0 Å². The Morgan fingerprint density at radius 1 is 1.14 bits per heavy atom. The van der Waals surface area contributed by atoms with Crippen LogP contribution < -0.4 is 5.32 Å². The molecule has 4 fully saturated rings. The first-order valence-corrected chi connectivity index (χ1v) is 12.4. The van der Waals surface area contributed by atoms with Crippen molar-refractivity contribution in [3.05, 3.63) is 22.8 Å². The summed E-state index contributed by atoms with van der Waals surface area (Å²) in [6.07, 6.45) is -1.72. The largest absolute Gasteiger partial charge is 0.417 e. The van der Waals surface area contributed by atoms with Crippen LogP contribution in [0.4, 0.5) is 19.0 Å². The number of hydrogen-bond donors (Lipinski definition) is 1. The molecular formula is C23H23ClF3N5O4. The van der Waals surface area contributed by atoms with E-state index in [1.54, 1.807) is 4.90 Å². The van der Waals surface area contributed by atoms with Crippen LogP contribution in [0.1, 0.15) is 24.8 Å². The highest BCUT2D eigenvalue weighted by Gasteiger charge is 2.70. The smallest absolute Gasteiger partial charge is 0.391 e. The van der Waals surface area contributed by atoms with Crippen molar-refractivity contribution < 1.29 is 32.4 Å². The highest BCUT2D eigenvalue weighted by molar-refractivity contribution is 6.40. The lowest BCUT2D eigenvalue weighted by Gasteiger charge is -2.30. The normalized spacial score (nSPS) is 32.6. The van der Waals surface area contributed by atoms with Gasteiger partial charge in [0.1, 0.15) is 11.9 Å². The average molecular weight is 526 g/mol. The van der Waals surface area contributed by atoms with Crippen molar-refractivity contribution in [3.8, 4) is 0 Å². The van der Waals surface area contributed by atoms with Crippen LogP contribution in [-0.4, -0.2) is 70.5 Å². The fraction of sp³-hybridized carbons (Fsp3) is 0.609. The molecule has 1 N–H and O–H groups in total. The number of alkyl halides is 3. The molecule has 6 rings (SSSR count). The van der Waals surface area contributed by atoms with Crippen molar-refractivity contribution >= 4 is 40.9 Å². The van der Waals surface area contributed by atoms with Gasteiger partial charge in [0.2, 0.25) is 11.8 Å². The molecule has 1 aromatic rings.